The van der Waals surface area contributed by atoms with Crippen LogP contribution in [-0.2, 0) is 17.8 Å². The Hall–Kier alpha value is -3.24. The number of amides is 1. The molecule has 5 rings (SSSR count). The Labute approximate surface area is 198 Å². The number of fused-ring (bicyclic) bond motifs is 2. The number of anilines is 1. The van der Waals surface area contributed by atoms with E-state index in [-0.39, 0.29) is 18.6 Å². The number of aromatic amines is 1. The highest BCUT2D eigenvalue weighted by atomic mass is 16.5. The van der Waals surface area contributed by atoms with E-state index >= 15 is 0 Å². The van der Waals surface area contributed by atoms with Gasteiger partial charge in [-0.3, -0.25) is 14.8 Å². The molecule has 34 heavy (non-hydrogen) atoms. The van der Waals surface area contributed by atoms with Crippen LogP contribution in [0.1, 0.15) is 30.9 Å². The molecule has 10 nitrogen and oxygen atoms in total. The van der Waals surface area contributed by atoms with Crippen LogP contribution >= 0.6 is 0 Å². The average molecular weight is 466 g/mol. The normalized spacial score (nSPS) is 18.0. The fraction of sp³-hybridized carbons (Fsp3) is 0.500. The Morgan fingerprint density at radius 1 is 1.24 bits per heavy atom. The van der Waals surface area contributed by atoms with Crippen LogP contribution in [-0.4, -0.2) is 85.9 Å². The van der Waals surface area contributed by atoms with E-state index in [2.05, 4.69) is 54.6 Å². The molecular formula is C24H31N7O3. The van der Waals surface area contributed by atoms with E-state index < -0.39 is 6.10 Å². The molecular weight excluding hydrogens is 434 g/mol. The number of aliphatic hydroxyl groups excluding tert-OH is 1. The van der Waals surface area contributed by atoms with Crippen molar-refractivity contribution in [3.63, 3.8) is 0 Å². The second-order valence-electron chi connectivity index (χ2n) is 9.12. The Morgan fingerprint density at radius 2 is 2.03 bits per heavy atom. The quantitative estimate of drug-likeness (QED) is 0.481. The monoisotopic (exact) mass is 465 g/mol. The molecule has 1 atom stereocenters. The molecule has 3 N–H and O–H groups in total. The standard InChI is InChI=1S/C24H31N7O3/c1-16(32)31-10-7-19(8-11-31)27-23-21-22(25-15-26-23)24(29-28-21)34-14-20(33)13-30-9-6-17-4-2-3-5-18(17)12-30/h2-5,15,19-20,33H,6-14H2,1H3,(H,28,29)(H,25,26,27)/t20-/m0/s1. The van der Waals surface area contributed by atoms with Gasteiger partial charge in [-0.05, 0) is 30.4 Å². The van der Waals surface area contributed by atoms with Crippen molar-refractivity contribution >= 4 is 22.8 Å². The molecule has 2 aliphatic heterocycles. The summed E-state index contributed by atoms with van der Waals surface area (Å²) in [6.07, 6.45) is 3.56. The summed E-state index contributed by atoms with van der Waals surface area (Å²) in [6, 6.07) is 8.68. The molecule has 1 fully saturated rings. The molecule has 1 aromatic carbocycles. The third-order valence-electron chi connectivity index (χ3n) is 6.69. The number of aromatic nitrogens is 4. The average Bonchev–Trinajstić information content (AvgIpc) is 3.27. The number of ether oxygens (including phenoxy) is 1. The number of benzene rings is 1. The zero-order valence-corrected chi connectivity index (χ0v) is 19.4. The van der Waals surface area contributed by atoms with Crippen LogP contribution in [0.15, 0.2) is 30.6 Å². The van der Waals surface area contributed by atoms with Gasteiger partial charge in [0.05, 0.1) is 0 Å². The lowest BCUT2D eigenvalue weighted by Gasteiger charge is -2.31. The highest BCUT2D eigenvalue weighted by Gasteiger charge is 2.23. The molecule has 0 bridgehead atoms. The fourth-order valence-corrected chi connectivity index (χ4v) is 4.79. The molecule has 1 saturated heterocycles. The van der Waals surface area contributed by atoms with Crippen molar-refractivity contribution in [3.8, 4) is 5.88 Å². The third-order valence-corrected chi connectivity index (χ3v) is 6.69. The molecule has 10 heteroatoms. The van der Waals surface area contributed by atoms with Crippen molar-refractivity contribution in [2.24, 2.45) is 0 Å². The van der Waals surface area contributed by atoms with Crippen LogP contribution in [0.2, 0.25) is 0 Å². The van der Waals surface area contributed by atoms with Crippen LogP contribution in [0.5, 0.6) is 5.88 Å². The van der Waals surface area contributed by atoms with Crippen molar-refractivity contribution in [1.82, 2.24) is 30.0 Å². The van der Waals surface area contributed by atoms with E-state index in [1.165, 1.54) is 17.5 Å². The van der Waals surface area contributed by atoms with Crippen LogP contribution < -0.4 is 10.1 Å². The second kappa shape index (κ2) is 9.94. The minimum Gasteiger partial charge on any atom is -0.472 e. The maximum atomic E-state index is 11.5. The van der Waals surface area contributed by atoms with Gasteiger partial charge in [-0.2, -0.15) is 0 Å². The van der Waals surface area contributed by atoms with E-state index in [9.17, 15) is 9.90 Å². The second-order valence-corrected chi connectivity index (χ2v) is 9.12. The topological polar surface area (TPSA) is 120 Å². The number of piperidine rings is 1. The number of nitrogens with zero attached hydrogens (tertiary/aromatic N) is 5. The highest BCUT2D eigenvalue weighted by molar-refractivity contribution is 5.88. The Balaban J connectivity index is 1.16. The summed E-state index contributed by atoms with van der Waals surface area (Å²) < 4.78 is 5.84. The van der Waals surface area contributed by atoms with Crippen LogP contribution in [0.4, 0.5) is 5.82 Å². The predicted octanol–water partition coefficient (Wildman–Crippen LogP) is 1.57. The molecule has 0 saturated carbocycles. The molecule has 2 aliphatic rings. The lowest BCUT2D eigenvalue weighted by molar-refractivity contribution is -0.129. The van der Waals surface area contributed by atoms with Crippen molar-refractivity contribution in [1.29, 1.82) is 0 Å². The first-order valence-electron chi connectivity index (χ1n) is 11.9. The Kier molecular flexibility index (Phi) is 6.59. The van der Waals surface area contributed by atoms with Crippen molar-refractivity contribution < 1.29 is 14.6 Å². The van der Waals surface area contributed by atoms with Crippen LogP contribution in [0.3, 0.4) is 0 Å². The summed E-state index contributed by atoms with van der Waals surface area (Å²) in [4.78, 5) is 24.4. The van der Waals surface area contributed by atoms with Crippen LogP contribution in [0.25, 0.3) is 11.0 Å². The smallest absolute Gasteiger partial charge is 0.259 e. The first-order valence-corrected chi connectivity index (χ1v) is 11.9. The first-order chi connectivity index (χ1) is 16.6. The first kappa shape index (κ1) is 22.5. The van der Waals surface area contributed by atoms with Crippen molar-refractivity contribution in [2.75, 3.05) is 38.1 Å². The van der Waals surface area contributed by atoms with Gasteiger partial charge in [-0.1, -0.05) is 24.3 Å². The Bertz CT molecular complexity index is 1140. The summed E-state index contributed by atoms with van der Waals surface area (Å²) in [7, 11) is 0. The molecule has 2 aromatic heterocycles. The number of nitrogens with one attached hydrogen (secondary N) is 2. The van der Waals surface area contributed by atoms with Crippen molar-refractivity contribution in [2.45, 2.75) is 44.9 Å². The van der Waals surface area contributed by atoms with Gasteiger partial charge in [0.15, 0.2) is 11.3 Å². The van der Waals surface area contributed by atoms with Gasteiger partial charge in [0.1, 0.15) is 24.6 Å². The van der Waals surface area contributed by atoms with Gasteiger partial charge in [-0.15, -0.1) is 5.10 Å². The minimum absolute atomic E-state index is 0.116. The van der Waals surface area contributed by atoms with Gasteiger partial charge in [0.2, 0.25) is 5.91 Å². The van der Waals surface area contributed by atoms with E-state index in [0.717, 1.165) is 45.4 Å². The van der Waals surface area contributed by atoms with E-state index in [0.29, 0.717) is 29.3 Å². The SMILES string of the molecule is CC(=O)N1CCC(Nc2ncnc3c(OC[C@@H](O)CN4CCc5ccccc5C4)n[nH]c23)CC1. The number of carbonyl (C=O) groups excluding carboxylic acids is 1. The molecule has 180 valence electrons. The summed E-state index contributed by atoms with van der Waals surface area (Å²) in [5.74, 6) is 1.14. The maximum absolute atomic E-state index is 11.5. The summed E-state index contributed by atoms with van der Waals surface area (Å²) in [6.45, 7) is 5.51. The molecule has 1 amide bonds. The lowest BCUT2D eigenvalue weighted by Crippen LogP contribution is -2.41. The third kappa shape index (κ3) is 4.97. The molecule has 0 radical (unpaired) electrons. The molecule has 4 heterocycles. The number of H-pyrrole nitrogens is 1. The molecule has 0 unspecified atom stereocenters. The number of likely N-dealkylation sites (tertiary alicyclic amines) is 1. The number of aliphatic hydroxyl groups is 1. The number of hydrogen-bond donors (Lipinski definition) is 3. The molecule has 0 aliphatic carbocycles. The van der Waals surface area contributed by atoms with Gasteiger partial charge >= 0.3 is 0 Å². The maximum Gasteiger partial charge on any atom is 0.259 e. The predicted molar refractivity (Wildman–Crippen MR) is 128 cm³/mol. The highest BCUT2D eigenvalue weighted by Crippen LogP contribution is 2.26. The number of carbonyl (C=O) groups is 1. The summed E-state index contributed by atoms with van der Waals surface area (Å²) in [5.41, 5.74) is 3.97. The number of rotatable bonds is 7. The molecule has 3 aromatic rings. The zero-order chi connectivity index (χ0) is 23.5. The molecule has 0 spiro atoms. The Morgan fingerprint density at radius 3 is 2.82 bits per heavy atom. The fourth-order valence-electron chi connectivity index (χ4n) is 4.79. The van der Waals surface area contributed by atoms with Crippen molar-refractivity contribution in [3.05, 3.63) is 41.7 Å². The van der Waals surface area contributed by atoms with Gasteiger partial charge in [0, 0.05) is 45.7 Å². The summed E-state index contributed by atoms with van der Waals surface area (Å²) in [5, 5.41) is 21.3. The largest absolute Gasteiger partial charge is 0.472 e. The van der Waals surface area contributed by atoms with E-state index in [1.807, 2.05) is 4.90 Å². The van der Waals surface area contributed by atoms with Gasteiger partial charge in [-0.25, -0.2) is 9.97 Å². The van der Waals surface area contributed by atoms with E-state index in [4.69, 9.17) is 4.74 Å². The van der Waals surface area contributed by atoms with E-state index in [1.54, 1.807) is 6.92 Å². The minimum atomic E-state index is -0.636. The number of β-amino-alcohol motifs (C(OH)–C–C–N with tert-alkyl or cyclic N) is 1. The van der Waals surface area contributed by atoms with Crippen LogP contribution in [0, 0.1) is 0 Å². The summed E-state index contributed by atoms with van der Waals surface area (Å²) >= 11 is 0. The van der Waals surface area contributed by atoms with Gasteiger partial charge in [0.25, 0.3) is 5.88 Å². The number of hydrogen-bond acceptors (Lipinski definition) is 8. The lowest BCUT2D eigenvalue weighted by atomic mass is 10.00. The van der Waals surface area contributed by atoms with Gasteiger partial charge < -0.3 is 20.1 Å². The zero-order valence-electron chi connectivity index (χ0n) is 19.4.